The fourth-order valence-corrected chi connectivity index (χ4v) is 2.92. The number of hydrogen-bond acceptors (Lipinski definition) is 4. The molecule has 1 saturated heterocycles. The molecule has 0 spiro atoms. The van der Waals surface area contributed by atoms with Gasteiger partial charge in [0.25, 0.3) is 5.91 Å². The van der Waals surface area contributed by atoms with Crippen molar-refractivity contribution < 1.29 is 14.3 Å². The Labute approximate surface area is 144 Å². The molecule has 1 aliphatic rings. The summed E-state index contributed by atoms with van der Waals surface area (Å²) in [4.78, 5) is 25.4. The van der Waals surface area contributed by atoms with Crippen LogP contribution in [-0.4, -0.2) is 47.6 Å². The van der Waals surface area contributed by atoms with Gasteiger partial charge in [0.15, 0.2) is 0 Å². The van der Waals surface area contributed by atoms with Crippen molar-refractivity contribution in [2.24, 2.45) is 5.73 Å². The van der Waals surface area contributed by atoms with Crippen LogP contribution in [-0.2, 0) is 20.9 Å². The van der Waals surface area contributed by atoms with Crippen molar-refractivity contribution in [1.29, 1.82) is 5.26 Å². The van der Waals surface area contributed by atoms with Gasteiger partial charge >= 0.3 is 0 Å². The first-order valence-corrected chi connectivity index (χ1v) is 7.95. The molecule has 1 fully saturated rings. The maximum atomic E-state index is 12.6. The Hall–Kier alpha value is -3.11. The first-order valence-electron chi connectivity index (χ1n) is 7.95. The Kier molecular flexibility index (Phi) is 4.82. The van der Waals surface area contributed by atoms with E-state index in [4.69, 9.17) is 10.5 Å². The van der Waals surface area contributed by atoms with E-state index in [1.807, 2.05) is 30.3 Å². The molecule has 1 aromatic carbocycles. The molecule has 1 aliphatic heterocycles. The number of ether oxygens (including phenoxy) is 1. The number of aromatic nitrogens is 1. The SMILES string of the molecule is N#CC(=Cc1cn(CC(N)=O)c2ccccc12)C(=O)N1CCOCC1. The topological polar surface area (TPSA) is 101 Å². The molecule has 0 atom stereocenters. The summed E-state index contributed by atoms with van der Waals surface area (Å²) >= 11 is 0. The Morgan fingerprint density at radius 3 is 2.68 bits per heavy atom. The van der Waals surface area contributed by atoms with Crippen LogP contribution in [0.15, 0.2) is 36.0 Å². The van der Waals surface area contributed by atoms with Crippen molar-refractivity contribution in [2.45, 2.75) is 6.54 Å². The molecule has 0 aliphatic carbocycles. The quantitative estimate of drug-likeness (QED) is 0.661. The highest BCUT2D eigenvalue weighted by molar-refractivity contribution is 6.04. The molecular formula is C18H18N4O3. The third-order valence-corrected chi connectivity index (χ3v) is 4.09. The number of rotatable bonds is 4. The third kappa shape index (κ3) is 3.54. The molecule has 0 unspecified atom stereocenters. The van der Waals surface area contributed by atoms with Gasteiger partial charge in [0.05, 0.1) is 13.2 Å². The smallest absolute Gasteiger partial charge is 0.264 e. The predicted octanol–water partition coefficient (Wildman–Crippen LogP) is 0.892. The normalized spacial score (nSPS) is 15.2. The van der Waals surface area contributed by atoms with Crippen LogP contribution in [0.4, 0.5) is 0 Å². The number of nitriles is 1. The predicted molar refractivity (Wildman–Crippen MR) is 92.1 cm³/mol. The average molecular weight is 338 g/mol. The van der Waals surface area contributed by atoms with Crippen LogP contribution < -0.4 is 5.73 Å². The van der Waals surface area contributed by atoms with Gasteiger partial charge in [0, 0.05) is 35.8 Å². The van der Waals surface area contributed by atoms with Gasteiger partial charge in [0.2, 0.25) is 5.91 Å². The lowest BCUT2D eigenvalue weighted by Gasteiger charge is -2.26. The fraction of sp³-hybridized carbons (Fsp3) is 0.278. The number of carbonyl (C=O) groups excluding carboxylic acids is 2. The van der Waals surface area contributed by atoms with Gasteiger partial charge in [-0.25, -0.2) is 0 Å². The highest BCUT2D eigenvalue weighted by Gasteiger charge is 2.21. The van der Waals surface area contributed by atoms with Gasteiger partial charge in [0.1, 0.15) is 18.2 Å². The van der Waals surface area contributed by atoms with Crippen molar-refractivity contribution in [3.05, 3.63) is 41.6 Å². The Morgan fingerprint density at radius 2 is 2.00 bits per heavy atom. The summed E-state index contributed by atoms with van der Waals surface area (Å²) in [6.07, 6.45) is 3.30. The summed E-state index contributed by atoms with van der Waals surface area (Å²) in [5, 5.41) is 10.3. The molecule has 3 rings (SSSR count). The first-order chi connectivity index (χ1) is 12.1. The van der Waals surface area contributed by atoms with Gasteiger partial charge in [-0.15, -0.1) is 0 Å². The summed E-state index contributed by atoms with van der Waals surface area (Å²) in [6.45, 7) is 1.93. The summed E-state index contributed by atoms with van der Waals surface area (Å²) in [6, 6.07) is 9.46. The van der Waals surface area contributed by atoms with E-state index in [-0.39, 0.29) is 18.0 Å². The minimum absolute atomic E-state index is 0.0354. The van der Waals surface area contributed by atoms with Crippen molar-refractivity contribution >= 4 is 28.8 Å². The van der Waals surface area contributed by atoms with Crippen LogP contribution in [0.25, 0.3) is 17.0 Å². The molecule has 2 aromatic rings. The number of morpholine rings is 1. The molecule has 2 N–H and O–H groups in total. The number of amides is 2. The van der Waals surface area contributed by atoms with Crippen LogP contribution in [0.2, 0.25) is 0 Å². The molecule has 128 valence electrons. The zero-order valence-corrected chi connectivity index (χ0v) is 13.6. The largest absolute Gasteiger partial charge is 0.378 e. The van der Waals surface area contributed by atoms with E-state index >= 15 is 0 Å². The minimum Gasteiger partial charge on any atom is -0.378 e. The molecule has 7 nitrogen and oxygen atoms in total. The van der Waals surface area contributed by atoms with Crippen molar-refractivity contribution in [2.75, 3.05) is 26.3 Å². The summed E-state index contributed by atoms with van der Waals surface area (Å²) in [7, 11) is 0. The summed E-state index contributed by atoms with van der Waals surface area (Å²) in [5.74, 6) is -0.765. The number of para-hydroxylation sites is 1. The second-order valence-electron chi connectivity index (χ2n) is 5.77. The molecule has 1 aromatic heterocycles. The highest BCUT2D eigenvalue weighted by Crippen LogP contribution is 2.24. The lowest BCUT2D eigenvalue weighted by molar-refractivity contribution is -0.130. The number of primary amides is 1. The second kappa shape index (κ2) is 7.20. The number of carbonyl (C=O) groups is 2. The van der Waals surface area contributed by atoms with Gasteiger partial charge in [-0.2, -0.15) is 5.26 Å². The van der Waals surface area contributed by atoms with E-state index in [1.54, 1.807) is 21.7 Å². The fourth-order valence-electron chi connectivity index (χ4n) is 2.92. The van der Waals surface area contributed by atoms with Crippen molar-refractivity contribution in [1.82, 2.24) is 9.47 Å². The summed E-state index contributed by atoms with van der Waals surface area (Å²) < 4.78 is 6.96. The van der Waals surface area contributed by atoms with Crippen LogP contribution in [0, 0.1) is 11.3 Å². The third-order valence-electron chi connectivity index (χ3n) is 4.09. The molecule has 2 amide bonds. The van der Waals surface area contributed by atoms with Crippen molar-refractivity contribution in [3.8, 4) is 6.07 Å². The van der Waals surface area contributed by atoms with Gasteiger partial charge in [-0.1, -0.05) is 18.2 Å². The molecule has 0 bridgehead atoms. The molecule has 0 saturated carbocycles. The molecular weight excluding hydrogens is 320 g/mol. The van der Waals surface area contributed by atoms with Crippen LogP contribution >= 0.6 is 0 Å². The van der Waals surface area contributed by atoms with E-state index < -0.39 is 5.91 Å². The Bertz CT molecular complexity index is 885. The zero-order chi connectivity index (χ0) is 17.8. The molecule has 2 heterocycles. The molecule has 0 radical (unpaired) electrons. The minimum atomic E-state index is -0.457. The van der Waals surface area contributed by atoms with Crippen LogP contribution in [0.3, 0.4) is 0 Å². The summed E-state index contributed by atoms with van der Waals surface area (Å²) in [5.41, 5.74) is 6.88. The van der Waals surface area contributed by atoms with E-state index in [0.29, 0.717) is 31.9 Å². The number of nitrogens with two attached hydrogens (primary N) is 1. The number of nitrogens with zero attached hydrogens (tertiary/aromatic N) is 3. The maximum absolute atomic E-state index is 12.6. The molecule has 25 heavy (non-hydrogen) atoms. The van der Waals surface area contributed by atoms with Gasteiger partial charge in [-0.05, 0) is 12.1 Å². The lowest BCUT2D eigenvalue weighted by Crippen LogP contribution is -2.41. The number of fused-ring (bicyclic) bond motifs is 1. The van der Waals surface area contributed by atoms with Gasteiger partial charge < -0.3 is 19.9 Å². The van der Waals surface area contributed by atoms with Crippen LogP contribution in [0.5, 0.6) is 0 Å². The van der Waals surface area contributed by atoms with E-state index in [1.165, 1.54) is 0 Å². The van der Waals surface area contributed by atoms with E-state index in [0.717, 1.165) is 10.9 Å². The molecule has 7 heteroatoms. The van der Waals surface area contributed by atoms with Gasteiger partial charge in [-0.3, -0.25) is 9.59 Å². The second-order valence-corrected chi connectivity index (χ2v) is 5.77. The van der Waals surface area contributed by atoms with E-state index in [2.05, 4.69) is 0 Å². The Balaban J connectivity index is 1.99. The number of hydrogen-bond donors (Lipinski definition) is 1. The van der Waals surface area contributed by atoms with Crippen LogP contribution in [0.1, 0.15) is 5.56 Å². The lowest BCUT2D eigenvalue weighted by atomic mass is 10.1. The highest BCUT2D eigenvalue weighted by atomic mass is 16.5. The number of benzene rings is 1. The standard InChI is InChI=1S/C18H18N4O3/c19-10-13(18(24)21-5-7-25-8-6-21)9-14-11-22(12-17(20)23)16-4-2-1-3-15(14)16/h1-4,9,11H,5-8,12H2,(H2,20,23). The zero-order valence-electron chi connectivity index (χ0n) is 13.6. The van der Waals surface area contributed by atoms with Crippen molar-refractivity contribution in [3.63, 3.8) is 0 Å². The average Bonchev–Trinajstić information content (AvgIpc) is 2.97. The van der Waals surface area contributed by atoms with E-state index in [9.17, 15) is 14.9 Å². The maximum Gasteiger partial charge on any atom is 0.264 e. The monoisotopic (exact) mass is 338 g/mol. The first kappa shape index (κ1) is 16.7. The Morgan fingerprint density at radius 1 is 1.28 bits per heavy atom.